The van der Waals surface area contributed by atoms with Crippen LogP contribution >= 0.6 is 0 Å². The van der Waals surface area contributed by atoms with Crippen LogP contribution < -0.4 is 0 Å². The first-order valence-corrected chi connectivity index (χ1v) is 20.0. The van der Waals surface area contributed by atoms with Crippen molar-refractivity contribution in [2.75, 3.05) is 0 Å². The third-order valence-corrected chi connectivity index (χ3v) is 12.3. The first-order valence-electron chi connectivity index (χ1n) is 20.0. The molecule has 0 bridgehead atoms. The van der Waals surface area contributed by atoms with Gasteiger partial charge in [-0.3, -0.25) is 0 Å². The fourth-order valence-electron chi connectivity index (χ4n) is 10.00. The van der Waals surface area contributed by atoms with Crippen LogP contribution in [0.15, 0.2) is 206 Å². The molecule has 0 unspecified atom stereocenters. The van der Waals surface area contributed by atoms with Crippen LogP contribution in [-0.4, -0.2) is 18.3 Å². The molecule has 9 aromatic carbocycles. The van der Waals surface area contributed by atoms with E-state index in [1.165, 1.54) is 87.2 Å². The summed E-state index contributed by atoms with van der Waals surface area (Å²) in [4.78, 5) is 0. The molecule has 270 valence electrons. The van der Waals surface area contributed by atoms with Gasteiger partial charge in [0.05, 0.1) is 44.1 Å². The van der Waals surface area contributed by atoms with Gasteiger partial charge in [0.15, 0.2) is 0 Å². The van der Waals surface area contributed by atoms with E-state index in [0.29, 0.717) is 0 Å². The van der Waals surface area contributed by atoms with Crippen LogP contribution in [0.2, 0.25) is 0 Å². The molecule has 0 N–H and O–H groups in total. The average Bonchev–Trinajstić information content (AvgIpc) is 4.01. The van der Waals surface area contributed by atoms with E-state index in [4.69, 9.17) is 0 Å². The molecule has 0 aliphatic rings. The van der Waals surface area contributed by atoms with E-state index >= 15 is 0 Å². The van der Waals surface area contributed by atoms with Crippen LogP contribution in [0.3, 0.4) is 0 Å². The Balaban J connectivity index is 1.09. The van der Waals surface area contributed by atoms with E-state index < -0.39 is 0 Å². The van der Waals surface area contributed by atoms with E-state index in [2.05, 4.69) is 225 Å². The first kappa shape index (κ1) is 31.4. The number of nitrogens with zero attached hydrogens (tertiary/aromatic N) is 4. The Kier molecular flexibility index (Phi) is 6.41. The van der Waals surface area contributed by atoms with Crippen LogP contribution in [0.25, 0.3) is 110 Å². The second kappa shape index (κ2) is 11.8. The molecule has 0 aliphatic carbocycles. The monoisotopic (exact) mass is 738 g/mol. The van der Waals surface area contributed by atoms with Gasteiger partial charge in [-0.15, -0.1) is 0 Å². The highest BCUT2D eigenvalue weighted by Crippen LogP contribution is 2.43. The smallest absolute Gasteiger partial charge is 0.0641 e. The van der Waals surface area contributed by atoms with Gasteiger partial charge < -0.3 is 18.3 Å². The zero-order valence-electron chi connectivity index (χ0n) is 31.4. The quantitative estimate of drug-likeness (QED) is 0.171. The maximum Gasteiger partial charge on any atom is 0.0641 e. The molecule has 0 radical (unpaired) electrons. The first-order chi connectivity index (χ1) is 28.8. The van der Waals surface area contributed by atoms with Crippen molar-refractivity contribution in [3.05, 3.63) is 206 Å². The second-order valence-electron chi connectivity index (χ2n) is 15.3. The molecule has 4 aromatic heterocycles. The van der Waals surface area contributed by atoms with Crippen LogP contribution in [0, 0.1) is 0 Å². The molecule has 0 saturated heterocycles. The van der Waals surface area contributed by atoms with Crippen LogP contribution in [0.1, 0.15) is 0 Å². The predicted octanol–water partition coefficient (Wildman–Crippen LogP) is 14.1. The summed E-state index contributed by atoms with van der Waals surface area (Å²) in [5.41, 5.74) is 14.1. The van der Waals surface area contributed by atoms with E-state index in [9.17, 15) is 0 Å². The van der Waals surface area contributed by atoms with Gasteiger partial charge in [0, 0.05) is 65.8 Å². The van der Waals surface area contributed by atoms with Crippen molar-refractivity contribution in [2.24, 2.45) is 0 Å². The van der Waals surface area contributed by atoms with Gasteiger partial charge in [-0.2, -0.15) is 0 Å². The number of fused-ring (bicyclic) bond motifs is 13. The normalized spacial score (nSPS) is 12.1. The van der Waals surface area contributed by atoms with Crippen molar-refractivity contribution in [2.45, 2.75) is 0 Å². The van der Waals surface area contributed by atoms with Crippen LogP contribution in [0.4, 0.5) is 0 Å². The van der Waals surface area contributed by atoms with Crippen molar-refractivity contribution in [1.29, 1.82) is 0 Å². The van der Waals surface area contributed by atoms with Crippen molar-refractivity contribution in [3.8, 4) is 22.7 Å². The lowest BCUT2D eigenvalue weighted by atomic mass is 10.1. The molecule has 4 nitrogen and oxygen atoms in total. The van der Waals surface area contributed by atoms with Gasteiger partial charge in [0.1, 0.15) is 0 Å². The summed E-state index contributed by atoms with van der Waals surface area (Å²) in [5.74, 6) is 0. The SMILES string of the molecule is c1cc(-n2c3ccccc3c3ccccc32)cc(-n2c3ccccc3c3c2ccc2c4ccccc4n(-c4cccc(-n5c6ccccc6c6ccccc65)c4)c23)c1. The molecule has 58 heavy (non-hydrogen) atoms. The molecule has 0 amide bonds. The Hall–Kier alpha value is -7.82. The van der Waals surface area contributed by atoms with E-state index in [1.54, 1.807) is 0 Å². The minimum atomic E-state index is 1.13. The van der Waals surface area contributed by atoms with Gasteiger partial charge >= 0.3 is 0 Å². The number of para-hydroxylation sites is 6. The largest absolute Gasteiger partial charge is 0.309 e. The lowest BCUT2D eigenvalue weighted by Crippen LogP contribution is -1.99. The highest BCUT2D eigenvalue weighted by Gasteiger charge is 2.22. The lowest BCUT2D eigenvalue weighted by Gasteiger charge is -2.14. The van der Waals surface area contributed by atoms with E-state index in [1.807, 2.05) is 0 Å². The summed E-state index contributed by atoms with van der Waals surface area (Å²) in [6.07, 6.45) is 0. The summed E-state index contributed by atoms with van der Waals surface area (Å²) < 4.78 is 9.77. The summed E-state index contributed by atoms with van der Waals surface area (Å²) in [5, 5.41) is 10.0. The Morgan fingerprint density at radius 2 is 0.517 bits per heavy atom. The van der Waals surface area contributed by atoms with E-state index in [-0.39, 0.29) is 0 Å². The summed E-state index contributed by atoms with van der Waals surface area (Å²) >= 11 is 0. The Labute approximate surface area is 333 Å². The summed E-state index contributed by atoms with van der Waals surface area (Å²) in [7, 11) is 0. The molecular weight excluding hydrogens is 705 g/mol. The maximum absolute atomic E-state index is 2.50. The van der Waals surface area contributed by atoms with Gasteiger partial charge in [-0.25, -0.2) is 0 Å². The van der Waals surface area contributed by atoms with Crippen molar-refractivity contribution in [3.63, 3.8) is 0 Å². The fraction of sp³-hybridized carbons (Fsp3) is 0. The van der Waals surface area contributed by atoms with E-state index in [0.717, 1.165) is 22.7 Å². The van der Waals surface area contributed by atoms with Crippen molar-refractivity contribution >= 4 is 87.2 Å². The number of rotatable bonds is 4. The minimum absolute atomic E-state index is 1.13. The molecule has 0 fully saturated rings. The minimum Gasteiger partial charge on any atom is -0.309 e. The molecule has 13 rings (SSSR count). The van der Waals surface area contributed by atoms with Crippen LogP contribution in [0.5, 0.6) is 0 Å². The molecular formula is C54H34N4. The number of benzene rings is 9. The zero-order valence-corrected chi connectivity index (χ0v) is 31.4. The zero-order chi connectivity index (χ0) is 37.9. The van der Waals surface area contributed by atoms with Gasteiger partial charge in [-0.1, -0.05) is 127 Å². The standard InChI is InChI=1S/C54H34N4/c1-7-25-46-39(19-1)40-20-2-8-26-47(40)55(46)35-15-13-17-37(33-35)57-51-30-12-6-24-45(51)53-52(57)32-31-44-43-23-5-11-29-50(43)58(54(44)53)38-18-14-16-36(34-38)56-48-27-9-3-21-41(48)42-22-4-10-28-49(42)56/h1-34H. The predicted molar refractivity (Wildman–Crippen MR) is 244 cm³/mol. The van der Waals surface area contributed by atoms with Gasteiger partial charge in [0.2, 0.25) is 0 Å². The molecule has 4 heteroatoms. The van der Waals surface area contributed by atoms with Crippen molar-refractivity contribution < 1.29 is 0 Å². The Bertz CT molecular complexity index is 3700. The molecule has 4 heterocycles. The topological polar surface area (TPSA) is 19.7 Å². The third-order valence-electron chi connectivity index (χ3n) is 12.3. The number of aromatic nitrogens is 4. The van der Waals surface area contributed by atoms with Gasteiger partial charge in [-0.05, 0) is 78.9 Å². The average molecular weight is 739 g/mol. The molecule has 0 atom stereocenters. The Morgan fingerprint density at radius 1 is 0.207 bits per heavy atom. The number of hydrogen-bond acceptors (Lipinski definition) is 0. The molecule has 0 spiro atoms. The maximum atomic E-state index is 2.50. The second-order valence-corrected chi connectivity index (χ2v) is 15.3. The van der Waals surface area contributed by atoms with Gasteiger partial charge in [0.25, 0.3) is 0 Å². The highest BCUT2D eigenvalue weighted by molar-refractivity contribution is 6.26. The Morgan fingerprint density at radius 3 is 0.948 bits per heavy atom. The fourth-order valence-corrected chi connectivity index (χ4v) is 10.00. The molecule has 0 saturated carbocycles. The third kappa shape index (κ3) is 4.23. The summed E-state index contributed by atoms with van der Waals surface area (Å²) in [6, 6.07) is 75.4. The summed E-state index contributed by atoms with van der Waals surface area (Å²) in [6.45, 7) is 0. The van der Waals surface area contributed by atoms with Crippen LogP contribution in [-0.2, 0) is 0 Å². The highest BCUT2D eigenvalue weighted by atomic mass is 15.0. The lowest BCUT2D eigenvalue weighted by molar-refractivity contribution is 1.13. The number of hydrogen-bond donors (Lipinski definition) is 0. The molecule has 13 aromatic rings. The van der Waals surface area contributed by atoms with Crippen molar-refractivity contribution in [1.82, 2.24) is 18.3 Å². The molecule has 0 aliphatic heterocycles.